The number of nitrogens with zero attached hydrogens (tertiary/aromatic N) is 6. The fourth-order valence-corrected chi connectivity index (χ4v) is 7.60. The molecule has 15 heteroatoms. The van der Waals surface area contributed by atoms with Crippen molar-refractivity contribution in [2.75, 3.05) is 26.8 Å². The summed E-state index contributed by atoms with van der Waals surface area (Å²) in [5, 5.41) is 14.6. The maximum atomic E-state index is 13.6. The molecule has 54 heavy (non-hydrogen) atoms. The highest BCUT2D eigenvalue weighted by molar-refractivity contribution is 5.98. The van der Waals surface area contributed by atoms with E-state index in [9.17, 15) is 24.3 Å². The van der Waals surface area contributed by atoms with Crippen molar-refractivity contribution >= 4 is 40.6 Å². The van der Waals surface area contributed by atoms with Gasteiger partial charge in [0.15, 0.2) is 0 Å². The molecule has 0 saturated carbocycles. The van der Waals surface area contributed by atoms with Crippen LogP contribution in [0.4, 0.5) is 4.79 Å². The number of carbonyl (C=O) groups is 4. The molecule has 6 rings (SSSR count). The number of imidazole rings is 1. The van der Waals surface area contributed by atoms with Crippen LogP contribution in [0.2, 0.25) is 0 Å². The van der Waals surface area contributed by atoms with E-state index in [1.54, 1.807) is 17.3 Å². The maximum Gasteiger partial charge on any atom is 0.407 e. The first kappa shape index (κ1) is 38.5. The number of nitrogens with one attached hydrogen (secondary N) is 3. The molecule has 15 nitrogen and oxygen atoms in total. The Labute approximate surface area is 315 Å². The standard InChI is InChI=1S/C39H51N9O6/c1-22(2)34(45-33(50)21-49)37(51)47-14-6-8-31(47)29-16-24(18-41-29)10-12-26-19-42-30(20-40-26)25-11-13-27-28(17-25)44-36(43-27)32-9-7-15-48(32)38(52)35(23(3)4)46-39(53)54-5/h11,13,17-20,22-23,31-32,34-35,49H,6-10,12,14-16,21H2,1-5H3,(H,43,44)(H,45,50)(H,46,53). The zero-order valence-corrected chi connectivity index (χ0v) is 31.7. The second kappa shape index (κ2) is 16.9. The normalized spacial score (nSPS) is 19.6. The first-order chi connectivity index (χ1) is 26.0. The minimum atomic E-state index is -0.699. The summed E-state index contributed by atoms with van der Waals surface area (Å²) in [4.78, 5) is 76.9. The minimum absolute atomic E-state index is 0.104. The van der Waals surface area contributed by atoms with Crippen molar-refractivity contribution < 1.29 is 29.0 Å². The SMILES string of the molecule is COC(=O)NC(C(=O)N1CCCC1c1nc2ccc(-c3cnc(CCC4=CN=C(C5CCCN5C(=O)C(NC(=O)CO)C(C)C)C4)cn3)cc2[nH]1)C(C)C. The Morgan fingerprint density at radius 2 is 1.61 bits per heavy atom. The van der Waals surface area contributed by atoms with Gasteiger partial charge < -0.3 is 35.3 Å². The van der Waals surface area contributed by atoms with Crippen molar-refractivity contribution in [2.45, 2.75) is 96.8 Å². The fraction of sp³-hybridized carbons (Fsp3) is 0.538. The summed E-state index contributed by atoms with van der Waals surface area (Å²) in [5.41, 5.74) is 6.25. The summed E-state index contributed by atoms with van der Waals surface area (Å²) < 4.78 is 4.75. The van der Waals surface area contributed by atoms with Crippen LogP contribution in [-0.4, -0.2) is 109 Å². The molecule has 4 atom stereocenters. The number of H-pyrrole nitrogens is 1. The predicted octanol–water partition coefficient (Wildman–Crippen LogP) is 3.85. The smallest absolute Gasteiger partial charge is 0.407 e. The minimum Gasteiger partial charge on any atom is -0.453 e. The number of fused-ring (bicyclic) bond motifs is 1. The molecule has 3 aliphatic rings. The largest absolute Gasteiger partial charge is 0.453 e. The first-order valence-electron chi connectivity index (χ1n) is 18.9. The van der Waals surface area contributed by atoms with Gasteiger partial charge in [-0.3, -0.25) is 29.3 Å². The van der Waals surface area contributed by atoms with Crippen molar-refractivity contribution in [1.82, 2.24) is 40.4 Å². The highest BCUT2D eigenvalue weighted by Gasteiger charge is 2.39. The Bertz CT molecular complexity index is 1920. The van der Waals surface area contributed by atoms with E-state index < -0.39 is 30.7 Å². The number of amides is 4. The second-order valence-electron chi connectivity index (χ2n) is 15.0. The lowest BCUT2D eigenvalue weighted by atomic mass is 9.98. The summed E-state index contributed by atoms with van der Waals surface area (Å²) in [7, 11) is 1.28. The summed E-state index contributed by atoms with van der Waals surface area (Å²) in [6, 6.07) is 4.18. The Balaban J connectivity index is 1.05. The van der Waals surface area contributed by atoms with Crippen LogP contribution in [-0.2, 0) is 25.5 Å². The number of aliphatic imine (C=N–C) groups is 1. The maximum absolute atomic E-state index is 13.6. The molecule has 4 unspecified atom stereocenters. The van der Waals surface area contributed by atoms with E-state index in [1.165, 1.54) is 12.7 Å². The number of carbonyl (C=O) groups excluding carboxylic acids is 4. The van der Waals surface area contributed by atoms with Gasteiger partial charge in [-0.25, -0.2) is 9.78 Å². The monoisotopic (exact) mass is 741 g/mol. The summed E-state index contributed by atoms with van der Waals surface area (Å²) in [6.45, 7) is 8.10. The number of aryl methyl sites for hydroxylation is 1. The topological polar surface area (TPSA) is 195 Å². The number of methoxy groups -OCH3 is 1. The number of ether oxygens (including phenoxy) is 1. The van der Waals surface area contributed by atoms with Gasteiger partial charge in [-0.1, -0.05) is 33.8 Å². The number of benzene rings is 1. The molecule has 2 aromatic heterocycles. The van der Waals surface area contributed by atoms with E-state index in [4.69, 9.17) is 24.7 Å². The van der Waals surface area contributed by atoms with Gasteiger partial charge >= 0.3 is 6.09 Å². The lowest BCUT2D eigenvalue weighted by molar-refractivity contribution is -0.138. The third-order valence-electron chi connectivity index (χ3n) is 10.6. The van der Waals surface area contributed by atoms with Gasteiger partial charge in [0.05, 0.1) is 47.8 Å². The average Bonchev–Trinajstić information content (AvgIpc) is 4.00. The second-order valence-corrected chi connectivity index (χ2v) is 15.0. The molecule has 0 spiro atoms. The van der Waals surface area contributed by atoms with Gasteiger partial charge in [-0.2, -0.15) is 0 Å². The van der Waals surface area contributed by atoms with Crippen molar-refractivity contribution in [3.8, 4) is 11.3 Å². The van der Waals surface area contributed by atoms with Gasteiger partial charge in [0.1, 0.15) is 24.5 Å². The Kier molecular flexibility index (Phi) is 12.0. The van der Waals surface area contributed by atoms with Crippen LogP contribution < -0.4 is 10.6 Å². The van der Waals surface area contributed by atoms with E-state index >= 15 is 0 Å². The number of rotatable bonds is 13. The molecule has 4 amide bonds. The predicted molar refractivity (Wildman–Crippen MR) is 202 cm³/mol. The molecule has 1 aromatic carbocycles. The number of aromatic amines is 1. The van der Waals surface area contributed by atoms with Crippen molar-refractivity contribution in [1.29, 1.82) is 0 Å². The summed E-state index contributed by atoms with van der Waals surface area (Å²) in [5.74, 6) is -0.358. The third-order valence-corrected chi connectivity index (χ3v) is 10.6. The number of aliphatic hydroxyl groups excluding tert-OH is 1. The van der Waals surface area contributed by atoms with Crippen LogP contribution >= 0.6 is 0 Å². The number of alkyl carbamates (subject to hydrolysis) is 1. The molecule has 2 saturated heterocycles. The van der Waals surface area contributed by atoms with Crippen molar-refractivity contribution in [3.05, 3.63) is 53.9 Å². The number of aromatic nitrogens is 4. The van der Waals surface area contributed by atoms with Gasteiger partial charge in [-0.05, 0) is 68.1 Å². The Morgan fingerprint density at radius 3 is 2.26 bits per heavy atom. The molecule has 288 valence electrons. The molecule has 3 aliphatic heterocycles. The quantitative estimate of drug-likeness (QED) is 0.201. The van der Waals surface area contributed by atoms with E-state index in [2.05, 4.69) is 15.6 Å². The van der Waals surface area contributed by atoms with Crippen LogP contribution in [0.15, 0.2) is 47.4 Å². The van der Waals surface area contributed by atoms with Crippen molar-refractivity contribution in [3.63, 3.8) is 0 Å². The number of aliphatic hydroxyl groups is 1. The number of allylic oxidation sites excluding steroid dienone is 1. The van der Waals surface area contributed by atoms with Crippen LogP contribution in [0.3, 0.4) is 0 Å². The Hall–Kier alpha value is -5.18. The average molecular weight is 742 g/mol. The molecule has 0 bridgehead atoms. The molecular formula is C39H51N9O6. The van der Waals surface area contributed by atoms with Crippen LogP contribution in [0.1, 0.15) is 83.8 Å². The highest BCUT2D eigenvalue weighted by atomic mass is 16.5. The molecule has 3 aromatic rings. The van der Waals surface area contributed by atoms with Crippen LogP contribution in [0, 0.1) is 11.8 Å². The lowest BCUT2D eigenvalue weighted by Crippen LogP contribution is -2.54. The summed E-state index contributed by atoms with van der Waals surface area (Å²) in [6.07, 6.45) is 10.3. The van der Waals surface area contributed by atoms with Gasteiger partial charge in [-0.15, -0.1) is 0 Å². The van der Waals surface area contributed by atoms with Gasteiger partial charge in [0.25, 0.3) is 0 Å². The van der Waals surface area contributed by atoms with Gasteiger partial charge in [0, 0.05) is 43.2 Å². The molecule has 5 heterocycles. The van der Waals surface area contributed by atoms with Crippen LogP contribution in [0.25, 0.3) is 22.3 Å². The third kappa shape index (κ3) is 8.46. The number of hydrogen-bond acceptors (Lipinski definition) is 10. The zero-order valence-electron chi connectivity index (χ0n) is 31.7. The highest BCUT2D eigenvalue weighted by Crippen LogP contribution is 2.34. The number of hydrogen-bond donors (Lipinski definition) is 4. The number of likely N-dealkylation sites (tertiary alicyclic amines) is 2. The van der Waals surface area contributed by atoms with E-state index in [1.807, 2.05) is 57.0 Å². The molecule has 2 fully saturated rings. The molecule has 4 N–H and O–H groups in total. The lowest BCUT2D eigenvalue weighted by Gasteiger charge is -2.31. The van der Waals surface area contributed by atoms with Gasteiger partial charge in [0.2, 0.25) is 17.7 Å². The zero-order chi connectivity index (χ0) is 38.5. The van der Waals surface area contributed by atoms with Crippen LogP contribution in [0.5, 0.6) is 0 Å². The van der Waals surface area contributed by atoms with E-state index in [0.717, 1.165) is 65.8 Å². The summed E-state index contributed by atoms with van der Waals surface area (Å²) >= 11 is 0. The fourth-order valence-electron chi connectivity index (χ4n) is 7.60. The Morgan fingerprint density at radius 1 is 0.926 bits per heavy atom. The molecule has 0 radical (unpaired) electrons. The van der Waals surface area contributed by atoms with E-state index in [0.29, 0.717) is 31.8 Å². The van der Waals surface area contributed by atoms with E-state index in [-0.39, 0.29) is 35.7 Å². The molecular weight excluding hydrogens is 690 g/mol. The first-order valence-corrected chi connectivity index (χ1v) is 18.9. The molecule has 0 aliphatic carbocycles. The van der Waals surface area contributed by atoms with Crippen molar-refractivity contribution in [2.24, 2.45) is 16.8 Å².